The lowest BCUT2D eigenvalue weighted by Crippen LogP contribution is -2.47. The summed E-state index contributed by atoms with van der Waals surface area (Å²) in [5, 5.41) is 5.96. The molecule has 0 unspecified atom stereocenters. The molecule has 0 saturated carbocycles. The molecule has 0 radical (unpaired) electrons. The molecule has 2 aromatic carbocycles. The lowest BCUT2D eigenvalue weighted by Gasteiger charge is -2.33. The summed E-state index contributed by atoms with van der Waals surface area (Å²) < 4.78 is 5.63. The predicted molar refractivity (Wildman–Crippen MR) is 132 cm³/mol. The molecule has 0 spiro atoms. The number of carbonyl (C=O) groups is 2. The van der Waals surface area contributed by atoms with Gasteiger partial charge in [0.1, 0.15) is 11.8 Å². The highest BCUT2D eigenvalue weighted by atomic mass is 35.5. The van der Waals surface area contributed by atoms with Crippen LogP contribution in [-0.4, -0.2) is 49.0 Å². The van der Waals surface area contributed by atoms with Crippen molar-refractivity contribution < 1.29 is 14.3 Å². The number of benzene rings is 2. The highest BCUT2D eigenvalue weighted by Crippen LogP contribution is 2.27. The van der Waals surface area contributed by atoms with Gasteiger partial charge in [0.05, 0.1) is 11.1 Å². The van der Waals surface area contributed by atoms with Gasteiger partial charge in [0.15, 0.2) is 0 Å². The second-order valence-corrected chi connectivity index (χ2v) is 9.30. The van der Waals surface area contributed by atoms with E-state index in [1.807, 2.05) is 19.9 Å². The molecule has 33 heavy (non-hydrogen) atoms. The summed E-state index contributed by atoms with van der Waals surface area (Å²) in [5.74, 6) is 0.419. The van der Waals surface area contributed by atoms with Gasteiger partial charge in [-0.2, -0.15) is 0 Å². The molecule has 178 valence electrons. The third-order valence-corrected chi connectivity index (χ3v) is 6.25. The average Bonchev–Trinajstić information content (AvgIpc) is 2.81. The van der Waals surface area contributed by atoms with Crippen LogP contribution in [0.5, 0.6) is 5.75 Å². The largest absolute Gasteiger partial charge is 0.489 e. The van der Waals surface area contributed by atoms with Crippen molar-refractivity contribution in [2.45, 2.75) is 51.8 Å². The fraction of sp³-hybridized carbons (Fsp3) is 0.462. The number of likely N-dealkylation sites (tertiary alicyclic amines) is 1. The number of carbonyl (C=O) groups excluding carboxylic acids is 2. The molecule has 6 nitrogen and oxygen atoms in total. The van der Waals surface area contributed by atoms with E-state index in [2.05, 4.69) is 39.8 Å². The van der Waals surface area contributed by atoms with Crippen LogP contribution in [0.2, 0.25) is 5.02 Å². The number of hydrogen-bond acceptors (Lipinski definition) is 4. The Morgan fingerprint density at radius 2 is 1.82 bits per heavy atom. The maximum atomic E-state index is 12.9. The van der Waals surface area contributed by atoms with Crippen molar-refractivity contribution in [3.05, 3.63) is 64.7 Å². The first-order valence-electron chi connectivity index (χ1n) is 11.6. The molecular formula is C26H34ClN3O3. The minimum Gasteiger partial charge on any atom is -0.489 e. The summed E-state index contributed by atoms with van der Waals surface area (Å²) in [5.41, 5.74) is 1.72. The Kier molecular flexibility index (Phi) is 9.15. The lowest BCUT2D eigenvalue weighted by molar-refractivity contribution is -0.123. The first-order valence-corrected chi connectivity index (χ1v) is 12.0. The van der Waals surface area contributed by atoms with E-state index in [1.54, 1.807) is 25.2 Å². The number of ether oxygens (including phenoxy) is 1. The van der Waals surface area contributed by atoms with Crippen LogP contribution < -0.4 is 15.4 Å². The molecule has 1 saturated heterocycles. The van der Waals surface area contributed by atoms with Crippen molar-refractivity contribution in [1.29, 1.82) is 0 Å². The van der Waals surface area contributed by atoms with Gasteiger partial charge < -0.3 is 15.4 Å². The van der Waals surface area contributed by atoms with Crippen LogP contribution in [0.15, 0.2) is 48.5 Å². The Bertz CT molecular complexity index is 928. The SMILES string of the molecule is CNC(=O)[C@H](CC1CCN(Cc2ccccc2)CC1)NC(=O)c1ccc(OC(C)C)c(Cl)c1. The summed E-state index contributed by atoms with van der Waals surface area (Å²) in [6.45, 7) is 6.75. The van der Waals surface area contributed by atoms with Gasteiger partial charge in [-0.25, -0.2) is 0 Å². The number of rotatable bonds is 9. The van der Waals surface area contributed by atoms with Crippen LogP contribution in [0, 0.1) is 5.92 Å². The summed E-state index contributed by atoms with van der Waals surface area (Å²) in [7, 11) is 1.60. The van der Waals surface area contributed by atoms with E-state index in [4.69, 9.17) is 16.3 Å². The monoisotopic (exact) mass is 471 g/mol. The van der Waals surface area contributed by atoms with Crippen molar-refractivity contribution in [1.82, 2.24) is 15.5 Å². The minimum atomic E-state index is -0.585. The maximum Gasteiger partial charge on any atom is 0.251 e. The van der Waals surface area contributed by atoms with Gasteiger partial charge in [0.2, 0.25) is 5.91 Å². The molecule has 0 aromatic heterocycles. The molecular weight excluding hydrogens is 438 g/mol. The van der Waals surface area contributed by atoms with Crippen molar-refractivity contribution in [2.24, 2.45) is 5.92 Å². The van der Waals surface area contributed by atoms with Crippen LogP contribution >= 0.6 is 11.6 Å². The van der Waals surface area contributed by atoms with Crippen molar-refractivity contribution in [3.63, 3.8) is 0 Å². The molecule has 1 fully saturated rings. The number of likely N-dealkylation sites (N-methyl/N-ethyl adjacent to an activating group) is 1. The van der Waals surface area contributed by atoms with E-state index >= 15 is 0 Å². The first-order chi connectivity index (χ1) is 15.9. The zero-order valence-corrected chi connectivity index (χ0v) is 20.4. The second-order valence-electron chi connectivity index (χ2n) is 8.89. The van der Waals surface area contributed by atoms with E-state index in [0.29, 0.717) is 28.7 Å². The molecule has 2 aromatic rings. The van der Waals surface area contributed by atoms with Gasteiger partial charge in [-0.15, -0.1) is 0 Å². The highest BCUT2D eigenvalue weighted by Gasteiger charge is 2.27. The molecule has 1 aliphatic rings. The van der Waals surface area contributed by atoms with Crippen molar-refractivity contribution in [2.75, 3.05) is 20.1 Å². The molecule has 0 bridgehead atoms. The Labute approximate surface area is 201 Å². The highest BCUT2D eigenvalue weighted by molar-refractivity contribution is 6.32. The van der Waals surface area contributed by atoms with Gasteiger partial charge in [-0.3, -0.25) is 14.5 Å². The summed E-state index contributed by atoms with van der Waals surface area (Å²) in [6.07, 6.45) is 2.61. The fourth-order valence-corrected chi connectivity index (χ4v) is 4.42. The Hall–Kier alpha value is -2.57. The molecule has 2 amide bonds. The molecule has 2 N–H and O–H groups in total. The van der Waals surface area contributed by atoms with Gasteiger partial charge in [-0.05, 0) is 75.9 Å². The normalized spacial score (nSPS) is 15.8. The zero-order chi connectivity index (χ0) is 23.8. The number of halogens is 1. The zero-order valence-electron chi connectivity index (χ0n) is 19.6. The number of hydrogen-bond donors (Lipinski definition) is 2. The third-order valence-electron chi connectivity index (χ3n) is 5.95. The minimum absolute atomic E-state index is 0.0149. The van der Waals surface area contributed by atoms with E-state index in [-0.39, 0.29) is 17.9 Å². The van der Waals surface area contributed by atoms with Crippen molar-refractivity contribution >= 4 is 23.4 Å². The van der Waals surface area contributed by atoms with Crippen LogP contribution in [0.3, 0.4) is 0 Å². The maximum absolute atomic E-state index is 12.9. The Morgan fingerprint density at radius 3 is 2.42 bits per heavy atom. The quantitative estimate of drug-likeness (QED) is 0.572. The average molecular weight is 472 g/mol. The molecule has 7 heteroatoms. The molecule has 3 rings (SSSR count). The topological polar surface area (TPSA) is 70.7 Å². The molecule has 0 aliphatic carbocycles. The molecule has 1 aliphatic heterocycles. The van der Waals surface area contributed by atoms with Crippen LogP contribution in [-0.2, 0) is 11.3 Å². The summed E-state index contributed by atoms with van der Waals surface area (Å²) >= 11 is 6.28. The second kappa shape index (κ2) is 12.1. The summed E-state index contributed by atoms with van der Waals surface area (Å²) in [6, 6.07) is 14.8. The van der Waals surface area contributed by atoms with Gasteiger partial charge in [0, 0.05) is 19.2 Å². The molecule has 1 heterocycles. The fourth-order valence-electron chi connectivity index (χ4n) is 4.19. The van der Waals surface area contributed by atoms with E-state index in [9.17, 15) is 9.59 Å². The van der Waals surface area contributed by atoms with E-state index in [0.717, 1.165) is 32.5 Å². The predicted octanol–water partition coefficient (Wildman–Crippen LogP) is 4.27. The Balaban J connectivity index is 1.56. The van der Waals surface area contributed by atoms with E-state index in [1.165, 1.54) is 5.56 Å². The number of piperidine rings is 1. The standard InChI is InChI=1S/C26H34ClN3O3/c1-18(2)33-24-10-9-21(16-22(24)27)25(31)29-23(26(32)28-3)15-19-11-13-30(14-12-19)17-20-7-5-4-6-8-20/h4-10,16,18-19,23H,11-15,17H2,1-3H3,(H,28,32)(H,29,31)/t23-/m0/s1. The summed E-state index contributed by atoms with van der Waals surface area (Å²) in [4.78, 5) is 27.8. The van der Waals surface area contributed by atoms with Gasteiger partial charge >= 0.3 is 0 Å². The smallest absolute Gasteiger partial charge is 0.251 e. The van der Waals surface area contributed by atoms with Gasteiger partial charge in [0.25, 0.3) is 5.91 Å². The van der Waals surface area contributed by atoms with Crippen LogP contribution in [0.1, 0.15) is 49.0 Å². The van der Waals surface area contributed by atoms with Crippen LogP contribution in [0.4, 0.5) is 0 Å². The van der Waals surface area contributed by atoms with Gasteiger partial charge in [-0.1, -0.05) is 41.9 Å². The molecule has 1 atom stereocenters. The number of nitrogens with zero attached hydrogens (tertiary/aromatic N) is 1. The number of amides is 2. The number of nitrogens with one attached hydrogen (secondary N) is 2. The first kappa shape index (κ1) is 25.1. The lowest BCUT2D eigenvalue weighted by atomic mass is 9.89. The van der Waals surface area contributed by atoms with Crippen molar-refractivity contribution in [3.8, 4) is 5.75 Å². The Morgan fingerprint density at radius 1 is 1.12 bits per heavy atom. The van der Waals surface area contributed by atoms with Crippen LogP contribution in [0.25, 0.3) is 0 Å². The van der Waals surface area contributed by atoms with E-state index < -0.39 is 6.04 Å². The third kappa shape index (κ3) is 7.47.